The number of rotatable bonds is 6. The minimum Gasteiger partial charge on any atom is -0.481 e. The number of aliphatic carboxylic acids is 1. The van der Waals surface area contributed by atoms with Crippen molar-refractivity contribution in [3.63, 3.8) is 0 Å². The summed E-state index contributed by atoms with van der Waals surface area (Å²) < 4.78 is 0. The Balaban J connectivity index is 2.46. The first-order chi connectivity index (χ1) is 7.31. The number of hydrogen-bond donors (Lipinski definition) is 3. The first kappa shape index (κ1) is 13.0. The molecule has 0 heterocycles. The van der Waals surface area contributed by atoms with Gasteiger partial charge in [-0.1, -0.05) is 0 Å². The summed E-state index contributed by atoms with van der Waals surface area (Å²) >= 11 is 0. The van der Waals surface area contributed by atoms with E-state index in [1.54, 1.807) is 0 Å². The van der Waals surface area contributed by atoms with Crippen molar-refractivity contribution in [3.05, 3.63) is 0 Å². The summed E-state index contributed by atoms with van der Waals surface area (Å²) in [5.41, 5.74) is 4.70. The van der Waals surface area contributed by atoms with Gasteiger partial charge < -0.3 is 16.2 Å². The van der Waals surface area contributed by atoms with Crippen molar-refractivity contribution in [1.82, 2.24) is 5.32 Å². The van der Waals surface area contributed by atoms with Gasteiger partial charge in [0.1, 0.15) is 0 Å². The number of carboxylic acids is 1. The molecule has 0 aromatic rings. The van der Waals surface area contributed by atoms with E-state index >= 15 is 0 Å². The van der Waals surface area contributed by atoms with Crippen molar-refractivity contribution in [3.8, 4) is 0 Å². The van der Waals surface area contributed by atoms with Gasteiger partial charge in [-0.05, 0) is 33.1 Å². The van der Waals surface area contributed by atoms with Crippen LogP contribution < -0.4 is 11.1 Å². The maximum Gasteiger partial charge on any atom is 0.303 e. The smallest absolute Gasteiger partial charge is 0.303 e. The van der Waals surface area contributed by atoms with E-state index < -0.39 is 11.5 Å². The first-order valence-corrected chi connectivity index (χ1v) is 5.56. The Kier molecular flexibility index (Phi) is 3.57. The minimum atomic E-state index is -0.845. The van der Waals surface area contributed by atoms with E-state index in [1.165, 1.54) is 0 Å². The molecule has 0 radical (unpaired) electrons. The molecule has 92 valence electrons. The number of carbonyl (C=O) groups is 2. The van der Waals surface area contributed by atoms with Crippen molar-refractivity contribution in [2.75, 3.05) is 6.54 Å². The van der Waals surface area contributed by atoms with Gasteiger partial charge in [0.2, 0.25) is 5.91 Å². The molecule has 4 N–H and O–H groups in total. The fraction of sp³-hybridized carbons (Fsp3) is 0.818. The lowest BCUT2D eigenvalue weighted by Gasteiger charge is -2.28. The van der Waals surface area contributed by atoms with Gasteiger partial charge in [0, 0.05) is 18.5 Å². The molecule has 5 heteroatoms. The first-order valence-electron chi connectivity index (χ1n) is 5.56. The molecule has 16 heavy (non-hydrogen) atoms. The van der Waals surface area contributed by atoms with Gasteiger partial charge in [0.15, 0.2) is 0 Å². The molecule has 0 aromatic heterocycles. The Morgan fingerprint density at radius 2 is 2.00 bits per heavy atom. The summed E-state index contributed by atoms with van der Waals surface area (Å²) in [5.74, 6) is -0.882. The molecule has 1 saturated carbocycles. The fourth-order valence-electron chi connectivity index (χ4n) is 1.60. The Morgan fingerprint density at radius 3 is 2.38 bits per heavy atom. The molecule has 0 aromatic carbocycles. The predicted molar refractivity (Wildman–Crippen MR) is 59.8 cm³/mol. The number of hydrogen-bond acceptors (Lipinski definition) is 3. The summed E-state index contributed by atoms with van der Waals surface area (Å²) in [6.07, 6.45) is 2.16. The molecule has 0 bridgehead atoms. The number of carboxylic acid groups (broad SMARTS) is 1. The maximum absolute atomic E-state index is 11.9. The minimum absolute atomic E-state index is 0.0367. The van der Waals surface area contributed by atoms with Gasteiger partial charge in [-0.25, -0.2) is 0 Å². The van der Waals surface area contributed by atoms with Crippen molar-refractivity contribution >= 4 is 11.9 Å². The third-order valence-corrected chi connectivity index (χ3v) is 3.14. The van der Waals surface area contributed by atoms with Crippen molar-refractivity contribution in [2.45, 2.75) is 45.1 Å². The maximum atomic E-state index is 11.9. The number of nitrogens with two attached hydrogens (primary N) is 1. The van der Waals surface area contributed by atoms with E-state index in [0.717, 1.165) is 12.8 Å². The highest BCUT2D eigenvalue weighted by atomic mass is 16.4. The Bertz CT molecular complexity index is 296. The van der Waals surface area contributed by atoms with Crippen LogP contribution in [0.2, 0.25) is 0 Å². The van der Waals surface area contributed by atoms with Crippen LogP contribution >= 0.6 is 0 Å². The molecule has 0 spiro atoms. The molecular weight excluding hydrogens is 208 g/mol. The molecule has 0 atom stereocenters. The highest BCUT2D eigenvalue weighted by Crippen LogP contribution is 2.45. The highest BCUT2D eigenvalue weighted by molar-refractivity contribution is 5.86. The molecule has 1 fully saturated rings. The van der Waals surface area contributed by atoms with Crippen LogP contribution in [0.5, 0.6) is 0 Å². The van der Waals surface area contributed by atoms with Crippen molar-refractivity contribution < 1.29 is 14.7 Å². The van der Waals surface area contributed by atoms with Crippen LogP contribution in [0.25, 0.3) is 0 Å². The topological polar surface area (TPSA) is 92.4 Å². The molecular formula is C11H20N2O3. The third-order valence-electron chi connectivity index (χ3n) is 3.14. The van der Waals surface area contributed by atoms with Crippen LogP contribution in [-0.4, -0.2) is 29.1 Å². The predicted octanol–water partition coefficient (Wildman–Crippen LogP) is 0.485. The fourth-order valence-corrected chi connectivity index (χ4v) is 1.60. The van der Waals surface area contributed by atoms with Gasteiger partial charge in [0.05, 0.1) is 5.41 Å². The van der Waals surface area contributed by atoms with Gasteiger partial charge in [-0.3, -0.25) is 9.59 Å². The lowest BCUT2D eigenvalue weighted by Crippen LogP contribution is -2.48. The number of carbonyl (C=O) groups excluding carboxylic acids is 1. The monoisotopic (exact) mass is 228 g/mol. The van der Waals surface area contributed by atoms with Crippen LogP contribution in [-0.2, 0) is 9.59 Å². The zero-order valence-corrected chi connectivity index (χ0v) is 9.88. The van der Waals surface area contributed by atoms with Crippen LogP contribution in [0.15, 0.2) is 0 Å². The second kappa shape index (κ2) is 4.41. The van der Waals surface area contributed by atoms with E-state index in [0.29, 0.717) is 13.0 Å². The number of amides is 1. The molecule has 0 aliphatic heterocycles. The van der Waals surface area contributed by atoms with Crippen LogP contribution in [0.3, 0.4) is 0 Å². The lowest BCUT2D eigenvalue weighted by atomic mass is 9.96. The van der Waals surface area contributed by atoms with Gasteiger partial charge in [-0.15, -0.1) is 0 Å². The van der Waals surface area contributed by atoms with E-state index in [4.69, 9.17) is 10.8 Å². The summed E-state index contributed by atoms with van der Waals surface area (Å²) in [4.78, 5) is 22.3. The summed E-state index contributed by atoms with van der Waals surface area (Å²) in [6.45, 7) is 4.04. The average molecular weight is 228 g/mol. The molecule has 5 nitrogen and oxygen atoms in total. The normalized spacial score (nSPS) is 17.9. The second-order valence-electron chi connectivity index (χ2n) is 5.22. The van der Waals surface area contributed by atoms with Crippen molar-refractivity contribution in [2.24, 2.45) is 11.1 Å². The zero-order chi connectivity index (χ0) is 12.4. The summed E-state index contributed by atoms with van der Waals surface area (Å²) in [5, 5.41) is 11.5. The summed E-state index contributed by atoms with van der Waals surface area (Å²) in [6, 6.07) is 0. The second-order valence-corrected chi connectivity index (χ2v) is 5.22. The van der Waals surface area contributed by atoms with Crippen LogP contribution in [0, 0.1) is 5.41 Å². The Morgan fingerprint density at radius 1 is 1.44 bits per heavy atom. The Hall–Kier alpha value is -1.10. The van der Waals surface area contributed by atoms with E-state index in [1.807, 2.05) is 13.8 Å². The lowest BCUT2D eigenvalue weighted by molar-refractivity contribution is -0.138. The van der Waals surface area contributed by atoms with Gasteiger partial charge >= 0.3 is 5.97 Å². The molecule has 1 amide bonds. The largest absolute Gasteiger partial charge is 0.481 e. The Labute approximate surface area is 95.4 Å². The quantitative estimate of drug-likeness (QED) is 0.616. The molecule has 1 aliphatic rings. The number of nitrogens with one attached hydrogen (secondary N) is 1. The van der Waals surface area contributed by atoms with E-state index in [9.17, 15) is 9.59 Å². The van der Waals surface area contributed by atoms with Crippen LogP contribution in [0.4, 0.5) is 0 Å². The van der Waals surface area contributed by atoms with Crippen molar-refractivity contribution in [1.29, 1.82) is 0 Å². The molecule has 1 rings (SSSR count). The molecule has 1 aliphatic carbocycles. The molecule has 0 unspecified atom stereocenters. The highest BCUT2D eigenvalue weighted by Gasteiger charge is 2.49. The van der Waals surface area contributed by atoms with E-state index in [-0.39, 0.29) is 17.7 Å². The van der Waals surface area contributed by atoms with Gasteiger partial charge in [-0.2, -0.15) is 0 Å². The van der Waals surface area contributed by atoms with E-state index in [2.05, 4.69) is 5.32 Å². The standard InChI is InChI=1S/C11H20N2O3/c1-10(2,4-3-8(14)15)13-9(16)11(7-12)5-6-11/h3-7,12H2,1-2H3,(H,13,16)(H,14,15). The van der Waals surface area contributed by atoms with Crippen LogP contribution in [0.1, 0.15) is 39.5 Å². The average Bonchev–Trinajstić information content (AvgIpc) is 2.95. The zero-order valence-electron chi connectivity index (χ0n) is 9.88. The molecule has 0 saturated heterocycles. The summed E-state index contributed by atoms with van der Waals surface area (Å²) in [7, 11) is 0. The SMILES string of the molecule is CC(C)(CCC(=O)O)NC(=O)C1(CN)CC1. The third kappa shape index (κ3) is 3.20. The van der Waals surface area contributed by atoms with Gasteiger partial charge in [0.25, 0.3) is 0 Å².